The van der Waals surface area contributed by atoms with Gasteiger partial charge in [-0.15, -0.1) is 0 Å². The van der Waals surface area contributed by atoms with Gasteiger partial charge in [0.1, 0.15) is 17.6 Å². The molecule has 3 aromatic heterocycles. The second-order valence-corrected chi connectivity index (χ2v) is 6.83. The van der Waals surface area contributed by atoms with Crippen molar-refractivity contribution in [2.45, 2.75) is 32.7 Å². The smallest absolute Gasteiger partial charge is 0.256 e. The molecule has 0 bridgehead atoms. The number of fused-ring (bicyclic) bond motifs is 1. The maximum Gasteiger partial charge on any atom is 0.256 e. The summed E-state index contributed by atoms with van der Waals surface area (Å²) in [6, 6.07) is 6.66. The van der Waals surface area contributed by atoms with E-state index >= 15 is 0 Å². The zero-order chi connectivity index (χ0) is 20.4. The summed E-state index contributed by atoms with van der Waals surface area (Å²) >= 11 is 0. The third-order valence-electron chi connectivity index (χ3n) is 4.65. The molecule has 4 rings (SSSR count). The van der Waals surface area contributed by atoms with E-state index in [2.05, 4.69) is 25.7 Å². The Balaban J connectivity index is 1.74. The van der Waals surface area contributed by atoms with Gasteiger partial charge in [0.25, 0.3) is 5.91 Å². The van der Waals surface area contributed by atoms with Gasteiger partial charge in [-0.2, -0.15) is 10.1 Å². The monoisotopic (exact) mass is 394 g/mol. The van der Waals surface area contributed by atoms with Gasteiger partial charge in [0.15, 0.2) is 5.82 Å². The Hall–Kier alpha value is -3.46. The molecular weight excluding hydrogens is 372 g/mol. The zero-order valence-electron chi connectivity index (χ0n) is 16.2. The first-order valence-electron chi connectivity index (χ1n) is 9.38. The molecule has 29 heavy (non-hydrogen) atoms. The van der Waals surface area contributed by atoms with Gasteiger partial charge in [-0.25, -0.2) is 4.68 Å². The van der Waals surface area contributed by atoms with Gasteiger partial charge in [0, 0.05) is 24.9 Å². The van der Waals surface area contributed by atoms with E-state index in [0.717, 1.165) is 5.76 Å². The van der Waals surface area contributed by atoms with E-state index in [1.165, 1.54) is 0 Å². The number of hydrogen-bond donors (Lipinski definition) is 3. The standard InChI is InChI=1S/C20H22N6O3/c1-12-7-8-15(29-12)18-17(19(28)23-14-5-3-9-21-11-14)13(2)22-20-24-16(6-4-10-27)25-26(18)20/h3,5,7-9,11,18,27H,4,6,10H2,1-2H3,(H,23,28)(H,22,24,25). The number of furan rings is 1. The average molecular weight is 394 g/mol. The molecule has 0 fully saturated rings. The van der Waals surface area contributed by atoms with Crippen LogP contribution in [0.25, 0.3) is 0 Å². The summed E-state index contributed by atoms with van der Waals surface area (Å²) in [7, 11) is 0. The number of hydrogen-bond acceptors (Lipinski definition) is 7. The normalized spacial score (nSPS) is 15.8. The Kier molecular flexibility index (Phi) is 5.13. The lowest BCUT2D eigenvalue weighted by molar-refractivity contribution is -0.113. The molecule has 1 aliphatic heterocycles. The molecule has 3 aromatic rings. The third-order valence-corrected chi connectivity index (χ3v) is 4.65. The van der Waals surface area contributed by atoms with Gasteiger partial charge in [-0.1, -0.05) is 0 Å². The van der Waals surface area contributed by atoms with E-state index in [1.807, 2.05) is 26.0 Å². The number of amides is 1. The zero-order valence-corrected chi connectivity index (χ0v) is 16.2. The van der Waals surface area contributed by atoms with Crippen LogP contribution < -0.4 is 10.6 Å². The number of pyridine rings is 1. The first kappa shape index (κ1) is 18.9. The molecular formula is C20H22N6O3. The number of carbonyl (C=O) groups excluding carboxylic acids is 1. The first-order valence-corrected chi connectivity index (χ1v) is 9.38. The topological polar surface area (TPSA) is 118 Å². The van der Waals surface area contributed by atoms with Gasteiger partial charge in [0.05, 0.1) is 17.5 Å². The first-order chi connectivity index (χ1) is 14.1. The average Bonchev–Trinajstić information content (AvgIpc) is 3.31. The summed E-state index contributed by atoms with van der Waals surface area (Å²) in [5.74, 6) is 2.19. The second kappa shape index (κ2) is 7.88. The molecule has 1 aliphatic rings. The van der Waals surface area contributed by atoms with Gasteiger partial charge in [0.2, 0.25) is 5.95 Å². The number of aryl methyl sites for hydroxylation is 2. The van der Waals surface area contributed by atoms with Crippen molar-refractivity contribution in [3.8, 4) is 0 Å². The fourth-order valence-corrected chi connectivity index (χ4v) is 3.33. The summed E-state index contributed by atoms with van der Waals surface area (Å²) in [5.41, 5.74) is 1.74. The van der Waals surface area contributed by atoms with Gasteiger partial charge >= 0.3 is 0 Å². The lowest BCUT2D eigenvalue weighted by atomic mass is 10.00. The number of rotatable bonds is 6. The maximum absolute atomic E-state index is 13.2. The molecule has 0 saturated carbocycles. The van der Waals surface area contributed by atoms with E-state index in [0.29, 0.717) is 47.3 Å². The van der Waals surface area contributed by atoms with Crippen LogP contribution >= 0.6 is 0 Å². The Morgan fingerprint density at radius 3 is 2.90 bits per heavy atom. The minimum atomic E-state index is -0.563. The Morgan fingerprint density at radius 2 is 2.21 bits per heavy atom. The SMILES string of the molecule is CC1=C(C(=O)Nc2cccnc2)C(c2ccc(C)o2)n2nc(CCCO)nc2N1. The summed E-state index contributed by atoms with van der Waals surface area (Å²) in [4.78, 5) is 21.7. The van der Waals surface area contributed by atoms with Gasteiger partial charge in [-0.05, 0) is 44.5 Å². The fraction of sp³-hybridized carbons (Fsp3) is 0.300. The van der Waals surface area contributed by atoms with Crippen molar-refractivity contribution in [3.05, 3.63) is 65.3 Å². The maximum atomic E-state index is 13.2. The number of allylic oxidation sites excluding steroid dienone is 1. The minimum Gasteiger partial charge on any atom is -0.464 e. The number of nitrogens with zero attached hydrogens (tertiary/aromatic N) is 4. The van der Waals surface area contributed by atoms with Crippen LogP contribution in [0.4, 0.5) is 11.6 Å². The Labute approximate surface area is 167 Å². The molecule has 1 amide bonds. The molecule has 1 atom stereocenters. The largest absolute Gasteiger partial charge is 0.464 e. The van der Waals surface area contributed by atoms with E-state index < -0.39 is 6.04 Å². The molecule has 0 saturated heterocycles. The molecule has 1 unspecified atom stereocenters. The number of carbonyl (C=O) groups is 1. The summed E-state index contributed by atoms with van der Waals surface area (Å²) in [6.45, 7) is 3.74. The highest BCUT2D eigenvalue weighted by Gasteiger charge is 2.36. The molecule has 9 heteroatoms. The van der Waals surface area contributed by atoms with E-state index in [1.54, 1.807) is 29.2 Å². The molecule has 3 N–H and O–H groups in total. The molecule has 0 aromatic carbocycles. The Bertz CT molecular complexity index is 1050. The van der Waals surface area contributed by atoms with Crippen LogP contribution in [0.3, 0.4) is 0 Å². The Morgan fingerprint density at radius 1 is 1.34 bits per heavy atom. The number of anilines is 2. The molecule has 4 heterocycles. The summed E-state index contributed by atoms with van der Waals surface area (Å²) in [6.07, 6.45) is 4.34. The van der Waals surface area contributed by atoms with Crippen LogP contribution in [-0.4, -0.2) is 37.4 Å². The molecule has 0 spiro atoms. The number of aliphatic hydroxyl groups is 1. The highest BCUT2D eigenvalue weighted by atomic mass is 16.3. The van der Waals surface area contributed by atoms with E-state index in [4.69, 9.17) is 9.52 Å². The molecule has 0 aliphatic carbocycles. The quantitative estimate of drug-likeness (QED) is 0.587. The van der Waals surface area contributed by atoms with Gasteiger partial charge in [-0.3, -0.25) is 9.78 Å². The van der Waals surface area contributed by atoms with Crippen molar-refractivity contribution in [2.75, 3.05) is 17.2 Å². The summed E-state index contributed by atoms with van der Waals surface area (Å²) in [5, 5.41) is 19.7. The van der Waals surface area contributed by atoms with Crippen molar-refractivity contribution in [2.24, 2.45) is 0 Å². The van der Waals surface area contributed by atoms with Crippen LogP contribution in [0.1, 0.15) is 36.7 Å². The van der Waals surface area contributed by atoms with Crippen molar-refractivity contribution in [1.82, 2.24) is 19.7 Å². The predicted molar refractivity (Wildman–Crippen MR) is 106 cm³/mol. The fourth-order valence-electron chi connectivity index (χ4n) is 3.33. The van der Waals surface area contributed by atoms with Crippen LogP contribution in [0.15, 0.2) is 52.3 Å². The number of aliphatic hydroxyl groups excluding tert-OH is 1. The highest BCUT2D eigenvalue weighted by Crippen LogP contribution is 2.36. The molecule has 150 valence electrons. The van der Waals surface area contributed by atoms with Crippen molar-refractivity contribution >= 4 is 17.5 Å². The lowest BCUT2D eigenvalue weighted by Crippen LogP contribution is -2.31. The number of nitrogens with one attached hydrogen (secondary N) is 2. The van der Waals surface area contributed by atoms with Crippen LogP contribution in [0, 0.1) is 6.92 Å². The van der Waals surface area contributed by atoms with Crippen molar-refractivity contribution in [1.29, 1.82) is 0 Å². The highest BCUT2D eigenvalue weighted by molar-refractivity contribution is 6.05. The van der Waals surface area contributed by atoms with Crippen LogP contribution in [-0.2, 0) is 11.2 Å². The van der Waals surface area contributed by atoms with Crippen molar-refractivity contribution < 1.29 is 14.3 Å². The lowest BCUT2D eigenvalue weighted by Gasteiger charge is -2.27. The number of aromatic nitrogens is 4. The molecule has 9 nitrogen and oxygen atoms in total. The van der Waals surface area contributed by atoms with Crippen molar-refractivity contribution in [3.63, 3.8) is 0 Å². The van der Waals surface area contributed by atoms with E-state index in [9.17, 15) is 4.79 Å². The predicted octanol–water partition coefficient (Wildman–Crippen LogP) is 2.43. The minimum absolute atomic E-state index is 0.0636. The molecule has 0 radical (unpaired) electrons. The van der Waals surface area contributed by atoms with Crippen LogP contribution in [0.5, 0.6) is 0 Å². The van der Waals surface area contributed by atoms with Gasteiger partial charge < -0.3 is 20.2 Å². The second-order valence-electron chi connectivity index (χ2n) is 6.83. The van der Waals surface area contributed by atoms with Crippen LogP contribution in [0.2, 0.25) is 0 Å². The summed E-state index contributed by atoms with van der Waals surface area (Å²) < 4.78 is 7.53. The third kappa shape index (κ3) is 3.77. The van der Waals surface area contributed by atoms with E-state index in [-0.39, 0.29) is 12.5 Å².